The highest BCUT2D eigenvalue weighted by Gasteiger charge is 2.31. The van der Waals surface area contributed by atoms with E-state index < -0.39 is 0 Å². The van der Waals surface area contributed by atoms with Crippen molar-refractivity contribution in [3.05, 3.63) is 0 Å². The van der Waals surface area contributed by atoms with E-state index in [-0.39, 0.29) is 0 Å². The SMILES string of the molecule is CCNCC1(CCCOCCOC)CCCOC1. The molecule has 18 heavy (non-hydrogen) atoms. The molecule has 0 spiro atoms. The number of hydrogen-bond donors (Lipinski definition) is 1. The van der Waals surface area contributed by atoms with Crippen LogP contribution in [0.1, 0.15) is 32.6 Å². The molecule has 1 N–H and O–H groups in total. The van der Waals surface area contributed by atoms with E-state index in [9.17, 15) is 0 Å². The molecule has 4 nitrogen and oxygen atoms in total. The highest BCUT2D eigenvalue weighted by Crippen LogP contribution is 2.32. The van der Waals surface area contributed by atoms with E-state index in [0.29, 0.717) is 18.6 Å². The molecule has 1 saturated heterocycles. The molecular formula is C14H29NO3. The molecule has 1 heterocycles. The van der Waals surface area contributed by atoms with Crippen molar-refractivity contribution in [3.63, 3.8) is 0 Å². The van der Waals surface area contributed by atoms with Crippen LogP contribution in [0.5, 0.6) is 0 Å². The molecule has 0 aromatic rings. The van der Waals surface area contributed by atoms with Crippen molar-refractivity contribution in [1.82, 2.24) is 5.32 Å². The fourth-order valence-corrected chi connectivity index (χ4v) is 2.52. The number of methoxy groups -OCH3 is 1. The van der Waals surface area contributed by atoms with Crippen LogP contribution >= 0.6 is 0 Å². The largest absolute Gasteiger partial charge is 0.382 e. The Kier molecular flexibility index (Phi) is 8.59. The average Bonchev–Trinajstić information content (AvgIpc) is 2.42. The van der Waals surface area contributed by atoms with Gasteiger partial charge in [0.25, 0.3) is 0 Å². The van der Waals surface area contributed by atoms with Gasteiger partial charge >= 0.3 is 0 Å². The lowest BCUT2D eigenvalue weighted by Gasteiger charge is -2.37. The lowest BCUT2D eigenvalue weighted by Crippen LogP contribution is -2.41. The van der Waals surface area contributed by atoms with Gasteiger partial charge in [-0.25, -0.2) is 0 Å². The van der Waals surface area contributed by atoms with Gasteiger partial charge in [-0.3, -0.25) is 0 Å². The van der Waals surface area contributed by atoms with Crippen LogP contribution < -0.4 is 5.32 Å². The van der Waals surface area contributed by atoms with Gasteiger partial charge in [0.05, 0.1) is 19.8 Å². The fraction of sp³-hybridized carbons (Fsp3) is 1.00. The third kappa shape index (κ3) is 6.14. The van der Waals surface area contributed by atoms with Gasteiger partial charge in [-0.05, 0) is 32.2 Å². The van der Waals surface area contributed by atoms with Crippen LogP contribution in [0.25, 0.3) is 0 Å². The van der Waals surface area contributed by atoms with Crippen molar-refractivity contribution in [1.29, 1.82) is 0 Å². The number of ether oxygens (including phenoxy) is 3. The van der Waals surface area contributed by atoms with Crippen LogP contribution in [0.2, 0.25) is 0 Å². The first-order valence-electron chi connectivity index (χ1n) is 7.18. The first-order chi connectivity index (χ1) is 8.83. The summed E-state index contributed by atoms with van der Waals surface area (Å²) in [4.78, 5) is 0. The maximum absolute atomic E-state index is 5.68. The standard InChI is InChI=1S/C14H29NO3/c1-3-15-12-14(7-5-9-18-13-14)6-4-8-17-11-10-16-2/h15H,3-13H2,1-2H3. The Bertz CT molecular complexity index is 193. The van der Waals surface area contributed by atoms with Crippen LogP contribution in [0.3, 0.4) is 0 Å². The van der Waals surface area contributed by atoms with Gasteiger partial charge in [0.2, 0.25) is 0 Å². The summed E-state index contributed by atoms with van der Waals surface area (Å²) in [6, 6.07) is 0. The molecule has 1 atom stereocenters. The van der Waals surface area contributed by atoms with Crippen molar-refractivity contribution in [3.8, 4) is 0 Å². The van der Waals surface area contributed by atoms with Crippen molar-refractivity contribution in [2.24, 2.45) is 5.41 Å². The topological polar surface area (TPSA) is 39.7 Å². The molecule has 0 saturated carbocycles. The maximum Gasteiger partial charge on any atom is 0.0700 e. The molecule has 1 unspecified atom stereocenters. The summed E-state index contributed by atoms with van der Waals surface area (Å²) in [5.74, 6) is 0. The zero-order valence-electron chi connectivity index (χ0n) is 12.0. The Morgan fingerprint density at radius 2 is 2.17 bits per heavy atom. The van der Waals surface area contributed by atoms with E-state index >= 15 is 0 Å². The minimum absolute atomic E-state index is 0.332. The highest BCUT2D eigenvalue weighted by molar-refractivity contribution is 4.83. The van der Waals surface area contributed by atoms with Crippen LogP contribution in [0, 0.1) is 5.41 Å². The van der Waals surface area contributed by atoms with Crippen LogP contribution in [0.4, 0.5) is 0 Å². The van der Waals surface area contributed by atoms with E-state index in [2.05, 4.69) is 12.2 Å². The average molecular weight is 259 g/mol. The molecule has 1 rings (SSSR count). The molecule has 1 aliphatic rings. The fourth-order valence-electron chi connectivity index (χ4n) is 2.52. The molecule has 1 aliphatic heterocycles. The van der Waals surface area contributed by atoms with E-state index in [1.165, 1.54) is 19.3 Å². The second-order valence-electron chi connectivity index (χ2n) is 5.15. The molecule has 0 aromatic heterocycles. The van der Waals surface area contributed by atoms with Gasteiger partial charge < -0.3 is 19.5 Å². The number of nitrogens with one attached hydrogen (secondary N) is 1. The Balaban J connectivity index is 2.19. The maximum atomic E-state index is 5.68. The zero-order chi connectivity index (χ0) is 13.1. The summed E-state index contributed by atoms with van der Waals surface area (Å²) in [5, 5.41) is 3.48. The predicted octanol–water partition coefficient (Wildman–Crippen LogP) is 1.84. The first kappa shape index (κ1) is 15.9. The smallest absolute Gasteiger partial charge is 0.0700 e. The van der Waals surface area contributed by atoms with E-state index in [1.807, 2.05) is 0 Å². The molecule has 0 radical (unpaired) electrons. The van der Waals surface area contributed by atoms with Crippen molar-refractivity contribution in [2.45, 2.75) is 32.6 Å². The molecule has 1 fully saturated rings. The molecule has 0 aliphatic carbocycles. The summed E-state index contributed by atoms with van der Waals surface area (Å²) in [7, 11) is 1.70. The number of hydrogen-bond acceptors (Lipinski definition) is 4. The van der Waals surface area contributed by atoms with Crippen LogP contribution in [-0.2, 0) is 14.2 Å². The third-order valence-corrected chi connectivity index (χ3v) is 3.58. The Morgan fingerprint density at radius 3 is 2.83 bits per heavy atom. The lowest BCUT2D eigenvalue weighted by molar-refractivity contribution is -0.0180. The molecular weight excluding hydrogens is 230 g/mol. The van der Waals surface area contributed by atoms with Gasteiger partial charge in [0.1, 0.15) is 0 Å². The normalized spacial score (nSPS) is 24.3. The second-order valence-corrected chi connectivity index (χ2v) is 5.15. The monoisotopic (exact) mass is 259 g/mol. The summed E-state index contributed by atoms with van der Waals surface area (Å²) in [5.41, 5.74) is 0.332. The Labute approximate surface area is 111 Å². The van der Waals surface area contributed by atoms with E-state index in [0.717, 1.165) is 39.3 Å². The van der Waals surface area contributed by atoms with E-state index in [4.69, 9.17) is 14.2 Å². The van der Waals surface area contributed by atoms with Crippen LogP contribution in [0.15, 0.2) is 0 Å². The second kappa shape index (κ2) is 9.73. The van der Waals surface area contributed by atoms with Crippen molar-refractivity contribution >= 4 is 0 Å². The zero-order valence-corrected chi connectivity index (χ0v) is 12.0. The first-order valence-corrected chi connectivity index (χ1v) is 7.18. The van der Waals surface area contributed by atoms with Crippen molar-refractivity contribution < 1.29 is 14.2 Å². The van der Waals surface area contributed by atoms with Gasteiger partial charge in [0.15, 0.2) is 0 Å². The molecule has 0 amide bonds. The van der Waals surface area contributed by atoms with E-state index in [1.54, 1.807) is 7.11 Å². The lowest BCUT2D eigenvalue weighted by atomic mass is 9.78. The summed E-state index contributed by atoms with van der Waals surface area (Å²) in [6.45, 7) is 8.31. The quantitative estimate of drug-likeness (QED) is 0.608. The minimum atomic E-state index is 0.332. The minimum Gasteiger partial charge on any atom is -0.382 e. The Morgan fingerprint density at radius 1 is 1.28 bits per heavy atom. The molecule has 0 bridgehead atoms. The number of rotatable bonds is 10. The third-order valence-electron chi connectivity index (χ3n) is 3.58. The highest BCUT2D eigenvalue weighted by atomic mass is 16.5. The molecule has 108 valence electrons. The Hall–Kier alpha value is -0.160. The van der Waals surface area contributed by atoms with Gasteiger partial charge in [-0.1, -0.05) is 6.92 Å². The summed E-state index contributed by atoms with van der Waals surface area (Å²) in [6.07, 6.45) is 4.76. The van der Waals surface area contributed by atoms with Crippen LogP contribution in [-0.4, -0.2) is 53.2 Å². The van der Waals surface area contributed by atoms with Gasteiger partial charge in [0, 0.05) is 32.3 Å². The summed E-state index contributed by atoms with van der Waals surface area (Å²) >= 11 is 0. The molecule has 0 aromatic carbocycles. The molecule has 4 heteroatoms. The van der Waals surface area contributed by atoms with Crippen molar-refractivity contribution in [2.75, 3.05) is 53.2 Å². The summed E-state index contributed by atoms with van der Waals surface area (Å²) < 4.78 is 16.2. The van der Waals surface area contributed by atoms with Gasteiger partial charge in [-0.2, -0.15) is 0 Å². The van der Waals surface area contributed by atoms with Gasteiger partial charge in [-0.15, -0.1) is 0 Å². The predicted molar refractivity (Wildman–Crippen MR) is 73.0 cm³/mol.